The van der Waals surface area contributed by atoms with Gasteiger partial charge in [-0.15, -0.1) is 0 Å². The van der Waals surface area contributed by atoms with Crippen LogP contribution in [-0.2, 0) is 19.1 Å². The molecule has 2 atom stereocenters. The normalized spacial score (nSPS) is 20.5. The minimum Gasteiger partial charge on any atom is -0.479 e. The molecular weight excluding hydrogens is 260 g/mol. The van der Waals surface area contributed by atoms with E-state index in [1.54, 1.807) is 0 Å². The zero-order chi connectivity index (χ0) is 14.4. The summed E-state index contributed by atoms with van der Waals surface area (Å²) >= 11 is 0. The first-order valence-electron chi connectivity index (χ1n) is 5.58. The van der Waals surface area contributed by atoms with Gasteiger partial charge in [0.1, 0.15) is 0 Å². The number of carbonyl (C=O) groups is 3. The fourth-order valence-electron chi connectivity index (χ4n) is 1.55. The first kappa shape index (κ1) is 15.2. The zero-order valence-electron chi connectivity index (χ0n) is 10.4. The van der Waals surface area contributed by atoms with E-state index < -0.39 is 36.7 Å². The van der Waals surface area contributed by atoms with Crippen molar-refractivity contribution in [2.75, 3.05) is 33.4 Å². The Kier molecular flexibility index (Phi) is 5.52. The number of ether oxygens (including phenoxy) is 2. The quantitative estimate of drug-likeness (QED) is 0.508. The Morgan fingerprint density at radius 3 is 2.79 bits per heavy atom. The third kappa shape index (κ3) is 4.07. The van der Waals surface area contributed by atoms with Gasteiger partial charge in [0, 0.05) is 6.54 Å². The van der Waals surface area contributed by atoms with Crippen LogP contribution in [0.5, 0.6) is 0 Å². The number of hydrogen-bond acceptors (Lipinski definition) is 6. The van der Waals surface area contributed by atoms with E-state index in [0.717, 1.165) is 0 Å². The van der Waals surface area contributed by atoms with Gasteiger partial charge in [-0.05, 0) is 0 Å². The largest absolute Gasteiger partial charge is 0.479 e. The van der Waals surface area contributed by atoms with Crippen molar-refractivity contribution >= 4 is 18.0 Å². The van der Waals surface area contributed by atoms with E-state index in [1.165, 1.54) is 12.0 Å². The summed E-state index contributed by atoms with van der Waals surface area (Å²) in [5.74, 6) is -2.06. The molecule has 0 aliphatic carbocycles. The summed E-state index contributed by atoms with van der Waals surface area (Å²) in [6, 6.07) is -1.53. The Hall–Kier alpha value is -1.87. The van der Waals surface area contributed by atoms with E-state index in [1.807, 2.05) is 0 Å². The summed E-state index contributed by atoms with van der Waals surface area (Å²) in [5.41, 5.74) is 0. The van der Waals surface area contributed by atoms with Crippen molar-refractivity contribution in [3.63, 3.8) is 0 Å². The van der Waals surface area contributed by atoms with Crippen molar-refractivity contribution < 1.29 is 34.1 Å². The number of aliphatic hydroxyl groups excluding tert-OH is 1. The van der Waals surface area contributed by atoms with Crippen LogP contribution in [0.3, 0.4) is 0 Å². The fraction of sp³-hybridized carbons (Fsp3) is 0.700. The standard InChI is InChI=1S/C10H16N2O7/c1-18-9(16)6-5-19-3-2-12(6)10(17)11-4-7(13)8(14)15/h6-7,13H,2-5H2,1H3,(H,11,17)(H,14,15). The Balaban J connectivity index is 2.57. The van der Waals surface area contributed by atoms with Gasteiger partial charge in [-0.3, -0.25) is 0 Å². The number of morpholine rings is 1. The Bertz CT molecular complexity index is 360. The van der Waals surface area contributed by atoms with Crippen molar-refractivity contribution in [2.45, 2.75) is 12.1 Å². The predicted molar refractivity (Wildman–Crippen MR) is 60.4 cm³/mol. The molecule has 0 aromatic heterocycles. The lowest BCUT2D eigenvalue weighted by Crippen LogP contribution is -2.56. The van der Waals surface area contributed by atoms with E-state index >= 15 is 0 Å². The number of carboxylic acid groups (broad SMARTS) is 1. The molecule has 1 rings (SSSR count). The third-order valence-electron chi connectivity index (χ3n) is 2.59. The highest BCUT2D eigenvalue weighted by atomic mass is 16.5. The molecule has 1 heterocycles. The summed E-state index contributed by atoms with van der Waals surface area (Å²) in [7, 11) is 1.20. The van der Waals surface area contributed by atoms with Crippen molar-refractivity contribution in [2.24, 2.45) is 0 Å². The molecule has 2 unspecified atom stereocenters. The minimum absolute atomic E-state index is 0.0155. The maximum Gasteiger partial charge on any atom is 0.334 e. The number of nitrogens with one attached hydrogen (secondary N) is 1. The molecule has 1 saturated heterocycles. The molecule has 108 valence electrons. The molecule has 9 nitrogen and oxygen atoms in total. The van der Waals surface area contributed by atoms with Gasteiger partial charge < -0.3 is 29.9 Å². The lowest BCUT2D eigenvalue weighted by atomic mass is 10.2. The number of carboxylic acids is 1. The average Bonchev–Trinajstić information content (AvgIpc) is 2.43. The number of urea groups is 1. The van der Waals surface area contributed by atoms with Gasteiger partial charge in [-0.2, -0.15) is 0 Å². The minimum atomic E-state index is -1.69. The number of aliphatic hydroxyl groups is 1. The van der Waals surface area contributed by atoms with Gasteiger partial charge in [0.05, 0.1) is 26.9 Å². The zero-order valence-corrected chi connectivity index (χ0v) is 10.4. The van der Waals surface area contributed by atoms with Crippen LogP contribution in [0.25, 0.3) is 0 Å². The lowest BCUT2D eigenvalue weighted by Gasteiger charge is -2.33. The smallest absolute Gasteiger partial charge is 0.334 e. The summed E-state index contributed by atoms with van der Waals surface area (Å²) in [6.07, 6.45) is -1.69. The summed E-state index contributed by atoms with van der Waals surface area (Å²) in [6.45, 7) is 0.0121. The molecule has 1 aliphatic heterocycles. The average molecular weight is 276 g/mol. The first-order valence-corrected chi connectivity index (χ1v) is 5.58. The highest BCUT2D eigenvalue weighted by Crippen LogP contribution is 2.08. The molecule has 19 heavy (non-hydrogen) atoms. The topological polar surface area (TPSA) is 125 Å². The highest BCUT2D eigenvalue weighted by molar-refractivity contribution is 5.84. The maximum atomic E-state index is 11.8. The summed E-state index contributed by atoms with van der Waals surface area (Å²) in [4.78, 5) is 34.8. The third-order valence-corrected chi connectivity index (χ3v) is 2.59. The number of rotatable bonds is 4. The first-order chi connectivity index (χ1) is 8.97. The van der Waals surface area contributed by atoms with E-state index in [0.29, 0.717) is 0 Å². The highest BCUT2D eigenvalue weighted by Gasteiger charge is 2.33. The molecule has 0 aromatic rings. The van der Waals surface area contributed by atoms with E-state index in [2.05, 4.69) is 10.1 Å². The van der Waals surface area contributed by atoms with E-state index in [9.17, 15) is 14.4 Å². The summed E-state index contributed by atoms with van der Waals surface area (Å²) < 4.78 is 9.63. The number of hydrogen-bond donors (Lipinski definition) is 3. The van der Waals surface area contributed by atoms with Gasteiger partial charge in [0.25, 0.3) is 0 Å². The predicted octanol–water partition coefficient (Wildman–Crippen LogP) is -1.98. The molecule has 1 fully saturated rings. The molecule has 9 heteroatoms. The van der Waals surface area contributed by atoms with Crippen molar-refractivity contribution in [1.29, 1.82) is 0 Å². The monoisotopic (exact) mass is 276 g/mol. The summed E-state index contributed by atoms with van der Waals surface area (Å²) in [5, 5.41) is 19.8. The van der Waals surface area contributed by atoms with Crippen LogP contribution < -0.4 is 5.32 Å². The van der Waals surface area contributed by atoms with Gasteiger partial charge in [-0.1, -0.05) is 0 Å². The Labute approximate surface area is 109 Å². The molecule has 3 N–H and O–H groups in total. The SMILES string of the molecule is COC(=O)C1COCCN1C(=O)NCC(O)C(=O)O. The van der Waals surface area contributed by atoms with Crippen molar-refractivity contribution in [3.8, 4) is 0 Å². The van der Waals surface area contributed by atoms with Crippen LogP contribution >= 0.6 is 0 Å². The van der Waals surface area contributed by atoms with Crippen LogP contribution in [0.1, 0.15) is 0 Å². The second kappa shape index (κ2) is 6.90. The van der Waals surface area contributed by atoms with Crippen LogP contribution in [-0.4, -0.2) is 78.6 Å². The fourth-order valence-corrected chi connectivity index (χ4v) is 1.55. The molecule has 1 aliphatic rings. The van der Waals surface area contributed by atoms with E-state index in [4.69, 9.17) is 14.9 Å². The van der Waals surface area contributed by atoms with Gasteiger partial charge in [0.2, 0.25) is 0 Å². The van der Waals surface area contributed by atoms with Crippen LogP contribution in [0.2, 0.25) is 0 Å². The van der Waals surface area contributed by atoms with E-state index in [-0.39, 0.29) is 19.8 Å². The molecule has 0 aromatic carbocycles. The van der Waals surface area contributed by atoms with Gasteiger partial charge in [0.15, 0.2) is 12.1 Å². The number of nitrogens with zero attached hydrogens (tertiary/aromatic N) is 1. The molecule has 2 amide bonds. The molecule has 0 spiro atoms. The van der Waals surface area contributed by atoms with Crippen molar-refractivity contribution in [1.82, 2.24) is 10.2 Å². The van der Waals surface area contributed by atoms with Crippen LogP contribution in [0.4, 0.5) is 4.79 Å². The maximum absolute atomic E-state index is 11.8. The molecular formula is C10H16N2O7. The molecule has 0 saturated carbocycles. The van der Waals surface area contributed by atoms with Gasteiger partial charge >= 0.3 is 18.0 Å². The second-order valence-corrected chi connectivity index (χ2v) is 3.85. The second-order valence-electron chi connectivity index (χ2n) is 3.85. The number of methoxy groups -OCH3 is 1. The van der Waals surface area contributed by atoms with Crippen LogP contribution in [0.15, 0.2) is 0 Å². The molecule has 0 radical (unpaired) electrons. The van der Waals surface area contributed by atoms with Crippen molar-refractivity contribution in [3.05, 3.63) is 0 Å². The number of esters is 1. The molecule has 0 bridgehead atoms. The Morgan fingerprint density at radius 2 is 2.21 bits per heavy atom. The lowest BCUT2D eigenvalue weighted by molar-refractivity contribution is -0.151. The number of carbonyl (C=O) groups excluding carboxylic acids is 2. The van der Waals surface area contributed by atoms with Gasteiger partial charge in [-0.25, -0.2) is 14.4 Å². The number of amides is 2. The number of aliphatic carboxylic acids is 1. The Morgan fingerprint density at radius 1 is 1.53 bits per heavy atom. The van der Waals surface area contributed by atoms with Crippen LogP contribution in [0, 0.1) is 0 Å².